The average Bonchev–Trinajstić information content (AvgIpc) is 2.88. The Bertz CT molecular complexity index is 1230. The summed E-state index contributed by atoms with van der Waals surface area (Å²) < 4.78 is 0. The van der Waals surface area contributed by atoms with E-state index in [1.165, 1.54) is 4.90 Å². The van der Waals surface area contributed by atoms with Crippen LogP contribution in [0.5, 0.6) is 0 Å². The highest BCUT2D eigenvalue weighted by Crippen LogP contribution is 2.34. The van der Waals surface area contributed by atoms with Gasteiger partial charge in [0, 0.05) is 36.8 Å². The predicted molar refractivity (Wildman–Crippen MR) is 147 cm³/mol. The topological polar surface area (TPSA) is 109 Å². The molecule has 3 aromatic rings. The van der Waals surface area contributed by atoms with Crippen LogP contribution in [0.3, 0.4) is 0 Å². The molecule has 1 saturated carbocycles. The number of nitrogens with zero attached hydrogens (tertiary/aromatic N) is 2. The zero-order chi connectivity index (χ0) is 26.6. The molecule has 0 aliphatic heterocycles. The van der Waals surface area contributed by atoms with E-state index in [1.807, 2.05) is 68.6 Å². The average molecular weight is 501 g/mol. The molecule has 7 nitrogen and oxygen atoms in total. The maximum atomic E-state index is 12.9. The summed E-state index contributed by atoms with van der Waals surface area (Å²) in [6.45, 7) is 3.97. The molecule has 194 valence electrons. The number of amides is 2. The molecule has 0 atom stereocenters. The molecule has 0 spiro atoms. The molecule has 1 fully saturated rings. The van der Waals surface area contributed by atoms with Crippen molar-refractivity contribution in [2.24, 2.45) is 11.7 Å². The lowest BCUT2D eigenvalue weighted by Crippen LogP contribution is -2.38. The van der Waals surface area contributed by atoms with Crippen molar-refractivity contribution in [3.05, 3.63) is 72.4 Å². The van der Waals surface area contributed by atoms with Crippen LogP contribution in [0.4, 0.5) is 10.6 Å². The number of anilines is 1. The van der Waals surface area contributed by atoms with E-state index in [9.17, 15) is 14.7 Å². The molecule has 1 aliphatic rings. The van der Waals surface area contributed by atoms with Gasteiger partial charge in [0.2, 0.25) is 5.91 Å². The number of pyridine rings is 1. The van der Waals surface area contributed by atoms with Crippen LogP contribution in [0.15, 0.2) is 66.9 Å². The number of carbonyl (C=O) groups excluding carboxylic acids is 1. The van der Waals surface area contributed by atoms with Crippen molar-refractivity contribution >= 4 is 17.8 Å². The zero-order valence-electron chi connectivity index (χ0n) is 21.8. The summed E-state index contributed by atoms with van der Waals surface area (Å²) in [7, 11) is 1.62. The Hall–Kier alpha value is -3.71. The van der Waals surface area contributed by atoms with E-state index in [-0.39, 0.29) is 17.9 Å². The number of carboxylic acid groups (broad SMARTS) is 1. The monoisotopic (exact) mass is 500 g/mol. The maximum Gasteiger partial charge on any atom is 0.407 e. The first-order valence-corrected chi connectivity index (χ1v) is 12.8. The molecule has 1 aliphatic carbocycles. The van der Waals surface area contributed by atoms with Gasteiger partial charge in [-0.1, -0.05) is 54.6 Å². The molecule has 37 heavy (non-hydrogen) atoms. The van der Waals surface area contributed by atoms with Crippen LogP contribution in [-0.2, 0) is 10.3 Å². The molecule has 4 rings (SSSR count). The van der Waals surface area contributed by atoms with Crippen molar-refractivity contribution in [1.29, 1.82) is 0 Å². The van der Waals surface area contributed by atoms with Gasteiger partial charge in [0.25, 0.3) is 0 Å². The second-order valence-corrected chi connectivity index (χ2v) is 10.6. The van der Waals surface area contributed by atoms with Gasteiger partial charge in [0.1, 0.15) is 5.82 Å². The minimum absolute atomic E-state index is 0.0319. The van der Waals surface area contributed by atoms with Gasteiger partial charge < -0.3 is 21.1 Å². The first kappa shape index (κ1) is 26.4. The standard InChI is InChI=1S/C30H36N4O3/c1-30(2,31)23-13-11-22(12-14-23)26-19-32-27(18-25(26)21-7-5-4-6-8-21)33-28(35)17-20-9-15-24(16-10-20)34(3)29(36)37/h4-8,11-14,18-20,24H,9-10,15-17,31H2,1-3H3,(H,36,37)(H,32,33,35)/t20-,24-. The molecule has 0 radical (unpaired) electrons. The summed E-state index contributed by atoms with van der Waals surface area (Å²) in [6.07, 6.45) is 4.57. The number of carbonyl (C=O) groups is 2. The smallest absolute Gasteiger partial charge is 0.407 e. The summed E-state index contributed by atoms with van der Waals surface area (Å²) in [4.78, 5) is 30.0. The third kappa shape index (κ3) is 6.54. The number of nitrogens with two attached hydrogens (primary N) is 1. The number of aromatic nitrogens is 1. The Labute approximate surface area is 218 Å². The van der Waals surface area contributed by atoms with Crippen LogP contribution >= 0.6 is 0 Å². The van der Waals surface area contributed by atoms with Crippen LogP contribution in [0.25, 0.3) is 22.3 Å². The number of benzene rings is 2. The summed E-state index contributed by atoms with van der Waals surface area (Å²) in [5, 5.41) is 12.2. The molecule has 0 bridgehead atoms. The fourth-order valence-electron chi connectivity index (χ4n) is 5.04. The quantitative estimate of drug-likeness (QED) is 0.363. The van der Waals surface area contributed by atoms with Crippen LogP contribution in [0, 0.1) is 5.92 Å². The Balaban J connectivity index is 1.49. The Kier molecular flexibility index (Phi) is 7.93. The van der Waals surface area contributed by atoms with Crippen LogP contribution in [0.1, 0.15) is 51.5 Å². The third-order valence-electron chi connectivity index (χ3n) is 7.34. The highest BCUT2D eigenvalue weighted by atomic mass is 16.4. The van der Waals surface area contributed by atoms with E-state index in [2.05, 4.69) is 22.4 Å². The first-order valence-electron chi connectivity index (χ1n) is 12.8. The molecule has 7 heteroatoms. The highest BCUT2D eigenvalue weighted by Gasteiger charge is 2.27. The van der Waals surface area contributed by atoms with Crippen molar-refractivity contribution in [1.82, 2.24) is 9.88 Å². The van der Waals surface area contributed by atoms with E-state index in [0.717, 1.165) is 53.5 Å². The van der Waals surface area contributed by atoms with Gasteiger partial charge in [-0.25, -0.2) is 9.78 Å². The second-order valence-electron chi connectivity index (χ2n) is 10.6. The zero-order valence-corrected chi connectivity index (χ0v) is 21.8. The van der Waals surface area contributed by atoms with Crippen molar-refractivity contribution in [2.45, 2.75) is 57.5 Å². The molecule has 4 N–H and O–H groups in total. The van der Waals surface area contributed by atoms with Gasteiger partial charge in [-0.15, -0.1) is 0 Å². The Morgan fingerprint density at radius 1 is 1.00 bits per heavy atom. The molecule has 1 heterocycles. The summed E-state index contributed by atoms with van der Waals surface area (Å²) in [5.41, 5.74) is 10.9. The van der Waals surface area contributed by atoms with Crippen molar-refractivity contribution in [3.63, 3.8) is 0 Å². The van der Waals surface area contributed by atoms with Gasteiger partial charge in [0.15, 0.2) is 0 Å². The molecule has 0 saturated heterocycles. The van der Waals surface area contributed by atoms with Gasteiger partial charge in [-0.05, 0) is 73.8 Å². The molecule has 0 unspecified atom stereocenters. The largest absolute Gasteiger partial charge is 0.465 e. The van der Waals surface area contributed by atoms with Crippen LogP contribution < -0.4 is 11.1 Å². The van der Waals surface area contributed by atoms with E-state index >= 15 is 0 Å². The molecule has 2 aromatic carbocycles. The summed E-state index contributed by atoms with van der Waals surface area (Å²) in [5.74, 6) is 0.701. The summed E-state index contributed by atoms with van der Waals surface area (Å²) in [6, 6.07) is 20.2. The fraction of sp³-hybridized carbons (Fsp3) is 0.367. The number of hydrogen-bond acceptors (Lipinski definition) is 4. The Morgan fingerprint density at radius 3 is 2.22 bits per heavy atom. The van der Waals surface area contributed by atoms with Crippen LogP contribution in [0.2, 0.25) is 0 Å². The van der Waals surface area contributed by atoms with Gasteiger partial charge in [0.05, 0.1) is 0 Å². The van der Waals surface area contributed by atoms with Crippen molar-refractivity contribution < 1.29 is 14.7 Å². The molecule has 2 amide bonds. The van der Waals surface area contributed by atoms with E-state index in [4.69, 9.17) is 5.73 Å². The maximum absolute atomic E-state index is 12.9. The van der Waals surface area contributed by atoms with E-state index < -0.39 is 11.6 Å². The lowest BCUT2D eigenvalue weighted by Gasteiger charge is -2.32. The minimum Gasteiger partial charge on any atom is -0.465 e. The first-order chi connectivity index (χ1) is 17.6. The number of rotatable bonds is 7. The predicted octanol–water partition coefficient (Wildman–Crippen LogP) is 6.11. The Morgan fingerprint density at radius 2 is 1.62 bits per heavy atom. The SMILES string of the molecule is CN(C(=O)O)[C@H]1CC[C@H](CC(=O)Nc2cc(-c3ccccc3)c(-c3ccc(C(C)(C)N)cc3)cn2)CC1. The molecular formula is C30H36N4O3. The molecular weight excluding hydrogens is 464 g/mol. The lowest BCUT2D eigenvalue weighted by molar-refractivity contribution is -0.117. The van der Waals surface area contributed by atoms with E-state index in [0.29, 0.717) is 12.2 Å². The van der Waals surface area contributed by atoms with Gasteiger partial charge in [-0.2, -0.15) is 0 Å². The highest BCUT2D eigenvalue weighted by molar-refractivity contribution is 5.92. The lowest BCUT2D eigenvalue weighted by atomic mass is 9.83. The number of nitrogens with one attached hydrogen (secondary N) is 1. The second kappa shape index (κ2) is 11.1. The fourth-order valence-corrected chi connectivity index (χ4v) is 5.04. The van der Waals surface area contributed by atoms with Crippen LogP contribution in [-0.4, -0.2) is 40.1 Å². The third-order valence-corrected chi connectivity index (χ3v) is 7.34. The van der Waals surface area contributed by atoms with Crippen molar-refractivity contribution in [3.8, 4) is 22.3 Å². The van der Waals surface area contributed by atoms with E-state index in [1.54, 1.807) is 7.05 Å². The summed E-state index contributed by atoms with van der Waals surface area (Å²) >= 11 is 0. The van der Waals surface area contributed by atoms with Crippen molar-refractivity contribution in [2.75, 3.05) is 12.4 Å². The minimum atomic E-state index is -0.899. The normalized spacial score (nSPS) is 17.7. The van der Waals surface area contributed by atoms with Gasteiger partial charge in [-0.3, -0.25) is 4.79 Å². The number of hydrogen-bond donors (Lipinski definition) is 3. The molecule has 1 aromatic heterocycles. The van der Waals surface area contributed by atoms with Gasteiger partial charge >= 0.3 is 6.09 Å².